The molecule has 0 fully saturated rings. The van der Waals surface area contributed by atoms with Crippen LogP contribution in [0.1, 0.15) is 34.4 Å². The van der Waals surface area contributed by atoms with Crippen LogP contribution in [0, 0.1) is 6.92 Å². The van der Waals surface area contributed by atoms with E-state index >= 15 is 0 Å². The zero-order valence-electron chi connectivity index (χ0n) is 12.3. The predicted molar refractivity (Wildman–Crippen MR) is 85.9 cm³/mol. The summed E-state index contributed by atoms with van der Waals surface area (Å²) in [6.07, 6.45) is 5.16. The van der Waals surface area contributed by atoms with Gasteiger partial charge in [-0.15, -0.1) is 11.3 Å². The number of carbonyl (C=O) groups excluding carboxylic acids is 1. The highest BCUT2D eigenvalue weighted by Gasteiger charge is 2.12. The van der Waals surface area contributed by atoms with Gasteiger partial charge in [-0.25, -0.2) is 4.98 Å². The Balaban J connectivity index is 1.97. The van der Waals surface area contributed by atoms with Gasteiger partial charge in [0.15, 0.2) is 0 Å². The number of nitrogens with zero attached hydrogens (tertiary/aromatic N) is 2. The number of amides is 1. The second-order valence-corrected chi connectivity index (χ2v) is 5.71. The first-order valence-corrected chi connectivity index (χ1v) is 7.95. The van der Waals surface area contributed by atoms with Crippen LogP contribution >= 0.6 is 11.3 Å². The number of hydrogen-bond acceptors (Lipinski definition) is 5. The number of carbonyl (C=O) groups is 1. The maximum Gasteiger partial charge on any atom is 0.254 e. The Hall–Kier alpha value is -1.95. The molecule has 2 aromatic heterocycles. The van der Waals surface area contributed by atoms with Crippen LogP contribution < -0.4 is 10.6 Å². The van der Waals surface area contributed by atoms with Crippen molar-refractivity contribution in [2.24, 2.45) is 0 Å². The maximum atomic E-state index is 12.3. The molecule has 0 atom stereocenters. The van der Waals surface area contributed by atoms with Gasteiger partial charge in [-0.3, -0.25) is 9.78 Å². The lowest BCUT2D eigenvalue weighted by atomic mass is 10.2. The zero-order valence-corrected chi connectivity index (χ0v) is 13.2. The number of aryl methyl sites for hydroxylation is 1. The van der Waals surface area contributed by atoms with Gasteiger partial charge in [0.1, 0.15) is 0 Å². The summed E-state index contributed by atoms with van der Waals surface area (Å²) < 4.78 is 0. The van der Waals surface area contributed by atoms with Gasteiger partial charge >= 0.3 is 0 Å². The van der Waals surface area contributed by atoms with Crippen LogP contribution in [0.5, 0.6) is 0 Å². The summed E-state index contributed by atoms with van der Waals surface area (Å²) in [5.74, 6) is -0.0994. The van der Waals surface area contributed by atoms with Crippen LogP contribution in [0.15, 0.2) is 23.8 Å². The minimum atomic E-state index is -0.0994. The molecule has 0 radical (unpaired) electrons. The molecule has 21 heavy (non-hydrogen) atoms. The SMILES string of the molecule is CCCNc1cc(C)ncc1C(=O)NCCc1nccs1. The molecule has 0 bridgehead atoms. The molecule has 1 amide bonds. The lowest BCUT2D eigenvalue weighted by molar-refractivity contribution is 0.0954. The van der Waals surface area contributed by atoms with Crippen molar-refractivity contribution in [3.8, 4) is 0 Å². The summed E-state index contributed by atoms with van der Waals surface area (Å²) in [5.41, 5.74) is 2.33. The summed E-state index contributed by atoms with van der Waals surface area (Å²) in [7, 11) is 0. The third-order valence-corrected chi connectivity index (χ3v) is 3.80. The van der Waals surface area contributed by atoms with Crippen molar-refractivity contribution in [1.29, 1.82) is 0 Å². The second kappa shape index (κ2) is 7.73. The zero-order chi connectivity index (χ0) is 15.1. The van der Waals surface area contributed by atoms with Crippen LogP contribution in [0.25, 0.3) is 0 Å². The average Bonchev–Trinajstić information content (AvgIpc) is 2.98. The van der Waals surface area contributed by atoms with Crippen LogP contribution in [-0.4, -0.2) is 29.0 Å². The van der Waals surface area contributed by atoms with Crippen molar-refractivity contribution in [2.75, 3.05) is 18.4 Å². The highest BCUT2D eigenvalue weighted by Crippen LogP contribution is 2.15. The van der Waals surface area contributed by atoms with E-state index in [2.05, 4.69) is 27.5 Å². The predicted octanol–water partition coefficient (Wildman–Crippen LogP) is 2.64. The van der Waals surface area contributed by atoms with Crippen molar-refractivity contribution >= 4 is 22.9 Å². The molecule has 2 heterocycles. The second-order valence-electron chi connectivity index (χ2n) is 4.73. The Morgan fingerprint density at radius 3 is 2.90 bits per heavy atom. The van der Waals surface area contributed by atoms with Gasteiger partial charge in [-0.1, -0.05) is 6.92 Å². The van der Waals surface area contributed by atoms with Gasteiger partial charge in [0.25, 0.3) is 5.91 Å². The molecule has 2 rings (SSSR count). The molecule has 2 N–H and O–H groups in total. The monoisotopic (exact) mass is 304 g/mol. The molecule has 5 nitrogen and oxygen atoms in total. The normalized spacial score (nSPS) is 10.4. The molecule has 0 aliphatic carbocycles. The van der Waals surface area contributed by atoms with Crippen LogP contribution in [0.4, 0.5) is 5.69 Å². The molecule has 112 valence electrons. The highest BCUT2D eigenvalue weighted by atomic mass is 32.1. The fourth-order valence-electron chi connectivity index (χ4n) is 1.90. The van der Waals surface area contributed by atoms with Crippen LogP contribution in [0.2, 0.25) is 0 Å². The summed E-state index contributed by atoms with van der Waals surface area (Å²) in [6, 6.07) is 1.91. The minimum absolute atomic E-state index is 0.0994. The average molecular weight is 304 g/mol. The van der Waals surface area contributed by atoms with Crippen molar-refractivity contribution in [3.63, 3.8) is 0 Å². The Morgan fingerprint density at radius 1 is 1.33 bits per heavy atom. The Bertz CT molecular complexity index is 583. The summed E-state index contributed by atoms with van der Waals surface area (Å²) in [5, 5.41) is 9.17. The topological polar surface area (TPSA) is 66.9 Å². The molecule has 0 aliphatic heterocycles. The van der Waals surface area contributed by atoms with E-state index in [-0.39, 0.29) is 5.91 Å². The van der Waals surface area contributed by atoms with Crippen LogP contribution in [-0.2, 0) is 6.42 Å². The molecule has 0 spiro atoms. The lowest BCUT2D eigenvalue weighted by Crippen LogP contribution is -2.27. The van der Waals surface area contributed by atoms with Gasteiger partial charge in [0.05, 0.1) is 16.3 Å². The molecule has 2 aromatic rings. The van der Waals surface area contributed by atoms with Gasteiger partial charge in [0.2, 0.25) is 0 Å². The molecular formula is C15H20N4OS. The highest BCUT2D eigenvalue weighted by molar-refractivity contribution is 7.09. The third-order valence-electron chi connectivity index (χ3n) is 2.96. The fraction of sp³-hybridized carbons (Fsp3) is 0.400. The summed E-state index contributed by atoms with van der Waals surface area (Å²) in [4.78, 5) is 20.7. The van der Waals surface area contributed by atoms with E-state index in [1.807, 2.05) is 18.4 Å². The number of aromatic nitrogens is 2. The first-order chi connectivity index (χ1) is 10.2. The van der Waals surface area contributed by atoms with Gasteiger partial charge in [-0.05, 0) is 19.4 Å². The number of rotatable bonds is 7. The van der Waals surface area contributed by atoms with E-state index in [1.54, 1.807) is 23.7 Å². The van der Waals surface area contributed by atoms with Gasteiger partial charge in [0, 0.05) is 43.0 Å². The summed E-state index contributed by atoms with van der Waals surface area (Å²) in [6.45, 7) is 5.42. The minimum Gasteiger partial charge on any atom is -0.384 e. The number of anilines is 1. The Morgan fingerprint density at radius 2 is 2.19 bits per heavy atom. The fourth-order valence-corrected chi connectivity index (χ4v) is 2.52. The van der Waals surface area contributed by atoms with E-state index in [9.17, 15) is 4.79 Å². The number of pyridine rings is 1. The largest absolute Gasteiger partial charge is 0.384 e. The smallest absolute Gasteiger partial charge is 0.254 e. The molecule has 0 aliphatic rings. The van der Waals surface area contributed by atoms with Gasteiger partial charge in [-0.2, -0.15) is 0 Å². The number of nitrogens with one attached hydrogen (secondary N) is 2. The van der Waals surface area contributed by atoms with Crippen molar-refractivity contribution < 1.29 is 4.79 Å². The maximum absolute atomic E-state index is 12.3. The van der Waals surface area contributed by atoms with Crippen molar-refractivity contribution in [3.05, 3.63) is 40.1 Å². The molecule has 0 saturated carbocycles. The number of hydrogen-bond donors (Lipinski definition) is 2. The lowest BCUT2D eigenvalue weighted by Gasteiger charge is -2.12. The Kier molecular flexibility index (Phi) is 5.68. The molecule has 6 heteroatoms. The van der Waals surface area contributed by atoms with Gasteiger partial charge < -0.3 is 10.6 Å². The van der Waals surface area contributed by atoms with E-state index in [1.165, 1.54) is 0 Å². The Labute approximate surface area is 128 Å². The van der Waals surface area contributed by atoms with E-state index in [0.717, 1.165) is 35.8 Å². The standard InChI is InChI=1S/C15H20N4OS/c1-3-5-16-13-9-11(2)19-10-12(13)15(20)18-6-4-14-17-7-8-21-14/h7-10H,3-6H2,1-2H3,(H,16,19)(H,18,20). The molecule has 0 saturated heterocycles. The van der Waals surface area contributed by atoms with E-state index < -0.39 is 0 Å². The van der Waals surface area contributed by atoms with Crippen molar-refractivity contribution in [2.45, 2.75) is 26.7 Å². The molecular weight excluding hydrogens is 284 g/mol. The first-order valence-electron chi connectivity index (χ1n) is 7.07. The third kappa shape index (κ3) is 4.53. The quantitative estimate of drug-likeness (QED) is 0.825. The van der Waals surface area contributed by atoms with Crippen molar-refractivity contribution in [1.82, 2.24) is 15.3 Å². The van der Waals surface area contributed by atoms with E-state index in [0.29, 0.717) is 12.1 Å². The van der Waals surface area contributed by atoms with E-state index in [4.69, 9.17) is 0 Å². The number of thiazole rings is 1. The summed E-state index contributed by atoms with van der Waals surface area (Å²) >= 11 is 1.60. The molecule has 0 unspecified atom stereocenters. The van der Waals surface area contributed by atoms with Crippen LogP contribution in [0.3, 0.4) is 0 Å². The first kappa shape index (κ1) is 15.4. The molecule has 0 aromatic carbocycles.